The first-order chi connectivity index (χ1) is 11.5. The molecule has 3 rings (SSSR count). The molecule has 122 valence electrons. The molecule has 0 unspecified atom stereocenters. The van der Waals surface area contributed by atoms with Crippen LogP contribution in [0.3, 0.4) is 0 Å². The highest BCUT2D eigenvalue weighted by molar-refractivity contribution is 9.10. The van der Waals surface area contributed by atoms with Crippen molar-refractivity contribution in [2.45, 2.75) is 13.5 Å². The van der Waals surface area contributed by atoms with Gasteiger partial charge in [-0.1, -0.05) is 57.0 Å². The Morgan fingerprint density at radius 3 is 2.50 bits per heavy atom. The number of aromatic nitrogens is 1. The summed E-state index contributed by atoms with van der Waals surface area (Å²) >= 11 is 9.26. The number of amides is 1. The molecule has 0 saturated heterocycles. The molecule has 0 aliphatic carbocycles. The van der Waals surface area contributed by atoms with Crippen LogP contribution < -0.4 is 5.32 Å². The average molecular weight is 406 g/mol. The maximum absolute atomic E-state index is 12.6. The molecular formula is C18H14BrClN2O2. The summed E-state index contributed by atoms with van der Waals surface area (Å²) in [6.45, 7) is 2.13. The molecule has 6 heteroatoms. The SMILES string of the molecule is Cc1onc(-c2ccc(Br)cc2)c1C(=O)NCc1ccc(Cl)cc1. The van der Waals surface area contributed by atoms with Crippen LogP contribution in [0.4, 0.5) is 0 Å². The number of aryl methyl sites for hydroxylation is 1. The Labute approximate surface area is 152 Å². The highest BCUT2D eigenvalue weighted by atomic mass is 79.9. The highest BCUT2D eigenvalue weighted by Crippen LogP contribution is 2.26. The molecule has 3 aromatic rings. The predicted octanol–water partition coefficient (Wildman–Crippen LogP) is 5.00. The number of carbonyl (C=O) groups is 1. The van der Waals surface area contributed by atoms with Gasteiger partial charge in [-0.3, -0.25) is 4.79 Å². The van der Waals surface area contributed by atoms with Gasteiger partial charge in [0.05, 0.1) is 0 Å². The minimum absolute atomic E-state index is 0.221. The van der Waals surface area contributed by atoms with Crippen molar-refractivity contribution in [1.82, 2.24) is 10.5 Å². The first-order valence-corrected chi connectivity index (χ1v) is 8.46. The van der Waals surface area contributed by atoms with Gasteiger partial charge in [0.15, 0.2) is 0 Å². The third-order valence-electron chi connectivity index (χ3n) is 3.57. The second kappa shape index (κ2) is 7.20. The molecule has 1 N–H and O–H groups in total. The van der Waals surface area contributed by atoms with E-state index in [0.29, 0.717) is 28.6 Å². The van der Waals surface area contributed by atoms with Gasteiger partial charge in [-0.2, -0.15) is 0 Å². The molecule has 1 amide bonds. The molecule has 0 aliphatic heterocycles. The van der Waals surface area contributed by atoms with Crippen molar-refractivity contribution < 1.29 is 9.32 Å². The fraction of sp³-hybridized carbons (Fsp3) is 0.111. The number of rotatable bonds is 4. The van der Waals surface area contributed by atoms with E-state index in [9.17, 15) is 4.79 Å². The molecular weight excluding hydrogens is 392 g/mol. The number of benzene rings is 2. The summed E-state index contributed by atoms with van der Waals surface area (Å²) in [5.74, 6) is 0.267. The van der Waals surface area contributed by atoms with E-state index >= 15 is 0 Å². The molecule has 0 radical (unpaired) electrons. The van der Waals surface area contributed by atoms with Crippen LogP contribution >= 0.6 is 27.5 Å². The van der Waals surface area contributed by atoms with Crippen molar-refractivity contribution >= 4 is 33.4 Å². The predicted molar refractivity (Wildman–Crippen MR) is 97.0 cm³/mol. The normalized spacial score (nSPS) is 10.6. The lowest BCUT2D eigenvalue weighted by Crippen LogP contribution is -2.23. The summed E-state index contributed by atoms with van der Waals surface area (Å²) in [5.41, 5.74) is 2.78. The minimum atomic E-state index is -0.221. The van der Waals surface area contributed by atoms with E-state index in [-0.39, 0.29) is 5.91 Å². The van der Waals surface area contributed by atoms with Crippen LogP contribution in [-0.2, 0) is 6.54 Å². The lowest BCUT2D eigenvalue weighted by molar-refractivity contribution is 0.0950. The maximum atomic E-state index is 12.6. The smallest absolute Gasteiger partial charge is 0.257 e. The second-order valence-electron chi connectivity index (χ2n) is 5.28. The lowest BCUT2D eigenvalue weighted by Gasteiger charge is -2.06. The van der Waals surface area contributed by atoms with Crippen molar-refractivity contribution in [3.05, 3.63) is 74.9 Å². The van der Waals surface area contributed by atoms with Gasteiger partial charge in [0.1, 0.15) is 17.0 Å². The Hall–Kier alpha value is -2.11. The van der Waals surface area contributed by atoms with Crippen molar-refractivity contribution in [3.63, 3.8) is 0 Å². The third-order valence-corrected chi connectivity index (χ3v) is 4.35. The van der Waals surface area contributed by atoms with E-state index in [1.54, 1.807) is 19.1 Å². The van der Waals surface area contributed by atoms with Crippen molar-refractivity contribution in [2.24, 2.45) is 0 Å². The van der Waals surface area contributed by atoms with Crippen LogP contribution in [0.2, 0.25) is 5.02 Å². The molecule has 4 nitrogen and oxygen atoms in total. The molecule has 0 saturated carbocycles. The summed E-state index contributed by atoms with van der Waals surface area (Å²) in [4.78, 5) is 12.6. The first kappa shape index (κ1) is 16.7. The van der Waals surface area contributed by atoms with Crippen LogP contribution in [0, 0.1) is 6.92 Å². The van der Waals surface area contributed by atoms with Gasteiger partial charge in [-0.25, -0.2) is 0 Å². The Balaban J connectivity index is 1.81. The number of hydrogen-bond donors (Lipinski definition) is 1. The molecule has 0 aliphatic rings. The van der Waals surface area contributed by atoms with E-state index in [0.717, 1.165) is 15.6 Å². The molecule has 0 atom stereocenters. The molecule has 24 heavy (non-hydrogen) atoms. The Bertz CT molecular complexity index is 858. The van der Waals surface area contributed by atoms with E-state index < -0.39 is 0 Å². The zero-order valence-corrected chi connectivity index (χ0v) is 15.2. The van der Waals surface area contributed by atoms with Crippen molar-refractivity contribution in [1.29, 1.82) is 0 Å². The van der Waals surface area contributed by atoms with E-state index in [1.807, 2.05) is 36.4 Å². The fourth-order valence-electron chi connectivity index (χ4n) is 2.32. The van der Waals surface area contributed by atoms with Gasteiger partial charge < -0.3 is 9.84 Å². The van der Waals surface area contributed by atoms with Gasteiger partial charge in [0.25, 0.3) is 5.91 Å². The summed E-state index contributed by atoms with van der Waals surface area (Å²) in [6, 6.07) is 14.9. The Kier molecular flexibility index (Phi) is 5.02. The fourth-order valence-corrected chi connectivity index (χ4v) is 2.71. The highest BCUT2D eigenvalue weighted by Gasteiger charge is 2.21. The standard InChI is InChI=1S/C18H14BrClN2O2/c1-11-16(17(22-24-11)13-4-6-14(19)7-5-13)18(23)21-10-12-2-8-15(20)9-3-12/h2-9H,10H2,1H3,(H,21,23). The molecule has 2 aromatic carbocycles. The molecule has 0 fully saturated rings. The lowest BCUT2D eigenvalue weighted by atomic mass is 10.1. The molecule has 1 heterocycles. The van der Waals surface area contributed by atoms with Gasteiger partial charge in [0, 0.05) is 21.6 Å². The van der Waals surface area contributed by atoms with Crippen LogP contribution in [-0.4, -0.2) is 11.1 Å². The summed E-state index contributed by atoms with van der Waals surface area (Å²) in [7, 11) is 0. The first-order valence-electron chi connectivity index (χ1n) is 7.29. The minimum Gasteiger partial charge on any atom is -0.360 e. The zero-order valence-electron chi connectivity index (χ0n) is 12.8. The van der Waals surface area contributed by atoms with Gasteiger partial charge in [-0.05, 0) is 36.8 Å². The largest absolute Gasteiger partial charge is 0.360 e. The quantitative estimate of drug-likeness (QED) is 0.665. The van der Waals surface area contributed by atoms with E-state index in [4.69, 9.17) is 16.1 Å². The van der Waals surface area contributed by atoms with Crippen molar-refractivity contribution in [3.8, 4) is 11.3 Å². The summed E-state index contributed by atoms with van der Waals surface area (Å²) in [5, 5.41) is 7.59. The number of nitrogens with zero attached hydrogens (tertiary/aromatic N) is 1. The van der Waals surface area contributed by atoms with Crippen LogP contribution in [0.15, 0.2) is 57.5 Å². The molecule has 1 aromatic heterocycles. The molecule has 0 bridgehead atoms. The zero-order chi connectivity index (χ0) is 17.1. The van der Waals surface area contributed by atoms with Crippen LogP contribution in [0.25, 0.3) is 11.3 Å². The maximum Gasteiger partial charge on any atom is 0.257 e. The summed E-state index contributed by atoms with van der Waals surface area (Å²) in [6.07, 6.45) is 0. The summed E-state index contributed by atoms with van der Waals surface area (Å²) < 4.78 is 6.19. The second-order valence-corrected chi connectivity index (χ2v) is 6.63. The van der Waals surface area contributed by atoms with Gasteiger partial charge >= 0.3 is 0 Å². The van der Waals surface area contributed by atoms with E-state index in [1.165, 1.54) is 0 Å². The third kappa shape index (κ3) is 3.68. The number of carbonyl (C=O) groups excluding carboxylic acids is 1. The number of nitrogens with one attached hydrogen (secondary N) is 1. The Morgan fingerprint density at radius 2 is 1.83 bits per heavy atom. The van der Waals surface area contributed by atoms with Gasteiger partial charge in [-0.15, -0.1) is 0 Å². The van der Waals surface area contributed by atoms with E-state index in [2.05, 4.69) is 26.4 Å². The van der Waals surface area contributed by atoms with Crippen LogP contribution in [0.1, 0.15) is 21.7 Å². The average Bonchev–Trinajstić information content (AvgIpc) is 2.96. The van der Waals surface area contributed by atoms with Gasteiger partial charge in [0.2, 0.25) is 0 Å². The molecule has 0 spiro atoms. The monoisotopic (exact) mass is 404 g/mol. The van der Waals surface area contributed by atoms with Crippen molar-refractivity contribution in [2.75, 3.05) is 0 Å². The van der Waals surface area contributed by atoms with Crippen LogP contribution in [0.5, 0.6) is 0 Å². The Morgan fingerprint density at radius 1 is 1.17 bits per heavy atom. The topological polar surface area (TPSA) is 55.1 Å². The number of halogens is 2. The number of hydrogen-bond acceptors (Lipinski definition) is 3.